The zero-order valence-electron chi connectivity index (χ0n) is 8.44. The van der Waals surface area contributed by atoms with E-state index in [1.54, 1.807) is 17.5 Å². The van der Waals surface area contributed by atoms with Crippen LogP contribution in [0.15, 0.2) is 22.2 Å². The molecular formula is C10H11BrN2OS. The van der Waals surface area contributed by atoms with Crippen molar-refractivity contribution >= 4 is 27.3 Å². The molecule has 1 atom stereocenters. The van der Waals surface area contributed by atoms with Crippen molar-refractivity contribution < 1.29 is 5.11 Å². The van der Waals surface area contributed by atoms with Gasteiger partial charge in [0.2, 0.25) is 0 Å². The van der Waals surface area contributed by atoms with E-state index in [1.807, 2.05) is 30.8 Å². The van der Waals surface area contributed by atoms with Gasteiger partial charge in [-0.05, 0) is 34.5 Å². The highest BCUT2D eigenvalue weighted by Crippen LogP contribution is 2.33. The molecule has 0 aliphatic heterocycles. The normalized spacial score (nSPS) is 13.1. The van der Waals surface area contributed by atoms with E-state index in [2.05, 4.69) is 20.9 Å². The Labute approximate surface area is 101 Å². The Morgan fingerprint density at radius 2 is 2.33 bits per heavy atom. The number of nitrogens with zero attached hydrogens (tertiary/aromatic N) is 2. The molecule has 0 saturated heterocycles. The van der Waals surface area contributed by atoms with Crippen molar-refractivity contribution in [1.29, 1.82) is 0 Å². The van der Waals surface area contributed by atoms with Crippen LogP contribution >= 0.6 is 27.3 Å². The Hall–Kier alpha value is -0.650. The quantitative estimate of drug-likeness (QED) is 0.922. The average Bonchev–Trinajstić information content (AvgIpc) is 2.74. The molecule has 5 heteroatoms. The van der Waals surface area contributed by atoms with Gasteiger partial charge < -0.3 is 9.67 Å². The summed E-state index contributed by atoms with van der Waals surface area (Å²) in [6.07, 6.45) is 2.88. The first-order valence-corrected chi connectivity index (χ1v) is 6.11. The predicted molar refractivity (Wildman–Crippen MR) is 64.0 cm³/mol. The predicted octanol–water partition coefficient (Wildman–Crippen LogP) is 2.63. The molecule has 0 aliphatic rings. The molecule has 80 valence electrons. The van der Waals surface area contributed by atoms with Crippen molar-refractivity contribution in [3.8, 4) is 0 Å². The van der Waals surface area contributed by atoms with E-state index in [4.69, 9.17) is 0 Å². The maximum atomic E-state index is 10.1. The van der Waals surface area contributed by atoms with Crippen LogP contribution in [0.4, 0.5) is 0 Å². The second kappa shape index (κ2) is 4.08. The van der Waals surface area contributed by atoms with Gasteiger partial charge in [-0.2, -0.15) is 0 Å². The second-order valence-electron chi connectivity index (χ2n) is 3.40. The van der Waals surface area contributed by atoms with E-state index in [-0.39, 0.29) is 0 Å². The molecule has 2 heterocycles. The lowest BCUT2D eigenvalue weighted by Crippen LogP contribution is -2.05. The first kappa shape index (κ1) is 10.9. The Morgan fingerprint density at radius 1 is 1.60 bits per heavy atom. The molecule has 0 bridgehead atoms. The van der Waals surface area contributed by atoms with E-state index >= 15 is 0 Å². The van der Waals surface area contributed by atoms with E-state index < -0.39 is 6.10 Å². The minimum absolute atomic E-state index is 0.639. The maximum absolute atomic E-state index is 10.1. The van der Waals surface area contributed by atoms with Crippen molar-refractivity contribution in [3.05, 3.63) is 38.5 Å². The summed E-state index contributed by atoms with van der Waals surface area (Å²) < 4.78 is 2.89. The number of rotatable bonds is 2. The molecule has 0 aromatic carbocycles. The summed E-state index contributed by atoms with van der Waals surface area (Å²) >= 11 is 4.99. The smallest absolute Gasteiger partial charge is 0.146 e. The molecule has 2 aromatic rings. The summed E-state index contributed by atoms with van der Waals surface area (Å²) in [5.41, 5.74) is 1.14. The van der Waals surface area contributed by atoms with Gasteiger partial charge in [-0.3, -0.25) is 0 Å². The van der Waals surface area contributed by atoms with Crippen molar-refractivity contribution in [2.45, 2.75) is 13.0 Å². The molecular weight excluding hydrogens is 276 g/mol. The molecule has 2 rings (SSSR count). The highest BCUT2D eigenvalue weighted by Gasteiger charge is 2.17. The van der Waals surface area contributed by atoms with Crippen LogP contribution < -0.4 is 0 Å². The number of hydrogen-bond donors (Lipinski definition) is 1. The van der Waals surface area contributed by atoms with Crippen molar-refractivity contribution in [1.82, 2.24) is 9.55 Å². The molecule has 15 heavy (non-hydrogen) atoms. The molecule has 1 N–H and O–H groups in total. The van der Waals surface area contributed by atoms with Crippen LogP contribution in [0.2, 0.25) is 0 Å². The number of hydrogen-bond acceptors (Lipinski definition) is 3. The van der Waals surface area contributed by atoms with Gasteiger partial charge in [0.15, 0.2) is 0 Å². The zero-order valence-corrected chi connectivity index (χ0v) is 10.8. The summed E-state index contributed by atoms with van der Waals surface area (Å²) in [5.74, 6) is 0.670. The third-order valence-corrected chi connectivity index (χ3v) is 4.44. The molecule has 2 aromatic heterocycles. The summed E-state index contributed by atoms with van der Waals surface area (Å²) in [4.78, 5) is 5.05. The van der Waals surface area contributed by atoms with Gasteiger partial charge in [-0.1, -0.05) is 0 Å². The standard InChI is InChI=1S/C10H11BrN2OS/c1-6-5-7(15-9(6)11)8(14)10-12-3-4-13(10)2/h3-5,8,14H,1-2H3. The Kier molecular flexibility index (Phi) is 2.95. The first-order chi connectivity index (χ1) is 7.09. The Bertz CT molecular complexity index is 458. The maximum Gasteiger partial charge on any atom is 0.146 e. The number of aryl methyl sites for hydroxylation is 2. The monoisotopic (exact) mass is 286 g/mol. The fourth-order valence-electron chi connectivity index (χ4n) is 1.39. The van der Waals surface area contributed by atoms with Gasteiger partial charge in [-0.15, -0.1) is 11.3 Å². The van der Waals surface area contributed by atoms with Crippen LogP contribution in [0, 0.1) is 6.92 Å². The van der Waals surface area contributed by atoms with E-state index in [9.17, 15) is 5.11 Å². The topological polar surface area (TPSA) is 38.1 Å². The third kappa shape index (κ3) is 2.00. The zero-order chi connectivity index (χ0) is 11.0. The molecule has 0 spiro atoms. The number of imidazole rings is 1. The Morgan fingerprint density at radius 3 is 2.80 bits per heavy atom. The fourth-order valence-corrected chi connectivity index (χ4v) is 2.94. The molecule has 0 saturated carbocycles. The molecule has 3 nitrogen and oxygen atoms in total. The van der Waals surface area contributed by atoms with Gasteiger partial charge >= 0.3 is 0 Å². The SMILES string of the molecule is Cc1cc(C(O)c2nccn2C)sc1Br. The second-order valence-corrected chi connectivity index (χ2v) is 5.81. The van der Waals surface area contributed by atoms with Crippen molar-refractivity contribution in [3.63, 3.8) is 0 Å². The molecule has 0 aliphatic carbocycles. The lowest BCUT2D eigenvalue weighted by molar-refractivity contribution is 0.210. The first-order valence-electron chi connectivity index (χ1n) is 4.50. The van der Waals surface area contributed by atoms with Gasteiger partial charge in [0.1, 0.15) is 11.9 Å². The number of aliphatic hydroxyl groups is 1. The molecule has 1 unspecified atom stereocenters. The van der Waals surface area contributed by atoms with Crippen LogP contribution in [-0.4, -0.2) is 14.7 Å². The summed E-state index contributed by atoms with van der Waals surface area (Å²) in [6, 6.07) is 1.98. The van der Waals surface area contributed by atoms with Crippen molar-refractivity contribution in [2.24, 2.45) is 7.05 Å². The number of halogens is 1. The number of aromatic nitrogens is 2. The van der Waals surface area contributed by atoms with Gasteiger partial charge in [0.05, 0.1) is 3.79 Å². The van der Waals surface area contributed by atoms with Crippen LogP contribution in [-0.2, 0) is 7.05 Å². The molecule has 0 amide bonds. The number of thiophene rings is 1. The van der Waals surface area contributed by atoms with E-state index in [0.717, 1.165) is 14.2 Å². The average molecular weight is 287 g/mol. The molecule has 0 fully saturated rings. The molecule has 0 radical (unpaired) electrons. The van der Waals surface area contributed by atoms with Crippen LogP contribution in [0.3, 0.4) is 0 Å². The van der Waals surface area contributed by atoms with Crippen LogP contribution in [0.5, 0.6) is 0 Å². The highest BCUT2D eigenvalue weighted by molar-refractivity contribution is 9.11. The minimum atomic E-state index is -0.639. The minimum Gasteiger partial charge on any atom is -0.380 e. The Balaban J connectivity index is 2.36. The fraction of sp³-hybridized carbons (Fsp3) is 0.300. The summed E-state index contributed by atoms with van der Waals surface area (Å²) in [5, 5.41) is 10.1. The highest BCUT2D eigenvalue weighted by atomic mass is 79.9. The number of aliphatic hydroxyl groups excluding tert-OH is 1. The van der Waals surface area contributed by atoms with Gasteiger partial charge in [0, 0.05) is 24.3 Å². The summed E-state index contributed by atoms with van der Waals surface area (Å²) in [7, 11) is 1.88. The van der Waals surface area contributed by atoms with E-state index in [1.165, 1.54) is 0 Å². The van der Waals surface area contributed by atoms with E-state index in [0.29, 0.717) is 5.82 Å². The lowest BCUT2D eigenvalue weighted by atomic mass is 10.2. The lowest BCUT2D eigenvalue weighted by Gasteiger charge is -2.07. The van der Waals surface area contributed by atoms with Gasteiger partial charge in [0.25, 0.3) is 0 Å². The largest absolute Gasteiger partial charge is 0.380 e. The van der Waals surface area contributed by atoms with Gasteiger partial charge in [-0.25, -0.2) is 4.98 Å². The third-order valence-electron chi connectivity index (χ3n) is 2.25. The van der Waals surface area contributed by atoms with Crippen LogP contribution in [0.1, 0.15) is 22.4 Å². The van der Waals surface area contributed by atoms with Crippen LogP contribution in [0.25, 0.3) is 0 Å². The van der Waals surface area contributed by atoms with Crippen molar-refractivity contribution in [2.75, 3.05) is 0 Å². The summed E-state index contributed by atoms with van der Waals surface area (Å²) in [6.45, 7) is 2.01.